The van der Waals surface area contributed by atoms with Gasteiger partial charge in [0.25, 0.3) is 0 Å². The summed E-state index contributed by atoms with van der Waals surface area (Å²) in [6.45, 7) is 0.0103. The van der Waals surface area contributed by atoms with Crippen molar-refractivity contribution in [2.75, 3.05) is 26.4 Å². The summed E-state index contributed by atoms with van der Waals surface area (Å²) in [5.74, 6) is -0.0714. The molecule has 0 amide bonds. The number of hydrogen-bond donors (Lipinski definition) is 4. The maximum absolute atomic E-state index is 9.08. The van der Waals surface area contributed by atoms with Crippen LogP contribution in [0.5, 0.6) is 0 Å². The summed E-state index contributed by atoms with van der Waals surface area (Å²) < 4.78 is 0. The lowest BCUT2D eigenvalue weighted by Gasteiger charge is -2.21. The molecule has 1 aliphatic carbocycles. The lowest BCUT2D eigenvalue weighted by molar-refractivity contribution is 0.0739. The maximum atomic E-state index is 9.08. The van der Waals surface area contributed by atoms with Crippen molar-refractivity contribution >= 4 is 0 Å². The molecule has 0 saturated heterocycles. The second-order valence-corrected chi connectivity index (χ2v) is 3.81. The Kier molecular flexibility index (Phi) is 4.12. The first-order chi connectivity index (χ1) is 6.28. The zero-order chi connectivity index (χ0) is 9.84. The third kappa shape index (κ3) is 2.02. The topological polar surface area (TPSA) is 80.9 Å². The van der Waals surface area contributed by atoms with E-state index in [0.717, 1.165) is 0 Å². The Morgan fingerprint density at radius 1 is 0.692 bits per heavy atom. The van der Waals surface area contributed by atoms with Gasteiger partial charge in [-0.1, -0.05) is 0 Å². The smallest absolute Gasteiger partial charge is 0.0466 e. The molecular weight excluding hydrogens is 172 g/mol. The van der Waals surface area contributed by atoms with Gasteiger partial charge in [0.15, 0.2) is 0 Å². The predicted molar refractivity (Wildman–Crippen MR) is 46.9 cm³/mol. The molecule has 1 saturated carbocycles. The monoisotopic (exact) mass is 190 g/mol. The molecule has 0 aromatic carbocycles. The van der Waals surface area contributed by atoms with Crippen LogP contribution in [-0.2, 0) is 0 Å². The van der Waals surface area contributed by atoms with Crippen molar-refractivity contribution in [1.29, 1.82) is 0 Å². The molecule has 4 N–H and O–H groups in total. The van der Waals surface area contributed by atoms with E-state index in [4.69, 9.17) is 20.4 Å². The van der Waals surface area contributed by atoms with Crippen LogP contribution < -0.4 is 0 Å². The molecular formula is C9H18O4. The molecule has 1 aliphatic rings. The molecule has 0 aromatic heterocycles. The Labute approximate surface area is 77.8 Å². The molecule has 0 aromatic rings. The highest BCUT2D eigenvalue weighted by Gasteiger charge is 2.41. The van der Waals surface area contributed by atoms with Crippen molar-refractivity contribution in [2.45, 2.75) is 6.42 Å². The standard InChI is InChI=1S/C9H18O4/c10-2-6-1-7(3-11)9(5-13)8(6)4-12/h6-13H,1-5H2/t6-,7+,8+,9-. The fourth-order valence-electron chi connectivity index (χ4n) is 2.43. The average Bonchev–Trinajstić information content (AvgIpc) is 2.54. The second kappa shape index (κ2) is 4.91. The average molecular weight is 190 g/mol. The Balaban J connectivity index is 2.65. The summed E-state index contributed by atoms with van der Waals surface area (Å²) in [7, 11) is 0. The lowest BCUT2D eigenvalue weighted by atomic mass is 9.88. The molecule has 1 fully saturated rings. The molecule has 0 aliphatic heterocycles. The van der Waals surface area contributed by atoms with Gasteiger partial charge in [0.05, 0.1) is 0 Å². The van der Waals surface area contributed by atoms with E-state index in [0.29, 0.717) is 6.42 Å². The molecule has 0 spiro atoms. The van der Waals surface area contributed by atoms with Crippen LogP contribution in [0.25, 0.3) is 0 Å². The fraction of sp³-hybridized carbons (Fsp3) is 1.00. The van der Waals surface area contributed by atoms with Crippen molar-refractivity contribution in [3.63, 3.8) is 0 Å². The Morgan fingerprint density at radius 2 is 1.08 bits per heavy atom. The Morgan fingerprint density at radius 3 is 1.31 bits per heavy atom. The van der Waals surface area contributed by atoms with Crippen LogP contribution >= 0.6 is 0 Å². The first-order valence-electron chi connectivity index (χ1n) is 4.71. The Hall–Kier alpha value is -0.160. The molecule has 4 nitrogen and oxygen atoms in total. The highest BCUT2D eigenvalue weighted by Crippen LogP contribution is 2.40. The van der Waals surface area contributed by atoms with Gasteiger partial charge in [-0.25, -0.2) is 0 Å². The quantitative estimate of drug-likeness (QED) is 0.450. The Bertz CT molecular complexity index is 135. The highest BCUT2D eigenvalue weighted by molar-refractivity contribution is 4.89. The number of hydrogen-bond acceptors (Lipinski definition) is 4. The zero-order valence-corrected chi connectivity index (χ0v) is 7.63. The van der Waals surface area contributed by atoms with Crippen LogP contribution in [0.3, 0.4) is 0 Å². The SMILES string of the molecule is OC[C@@H]1C[C@H](CO)[C@H](CO)[C@@H]1CO. The fourth-order valence-corrected chi connectivity index (χ4v) is 2.43. The van der Waals surface area contributed by atoms with Crippen LogP contribution in [0.1, 0.15) is 6.42 Å². The minimum Gasteiger partial charge on any atom is -0.396 e. The van der Waals surface area contributed by atoms with E-state index in [-0.39, 0.29) is 50.1 Å². The van der Waals surface area contributed by atoms with Gasteiger partial charge in [-0.05, 0) is 30.1 Å². The molecule has 0 heterocycles. The number of aliphatic hydroxyl groups is 4. The number of aliphatic hydroxyl groups excluding tert-OH is 4. The first-order valence-corrected chi connectivity index (χ1v) is 4.71. The van der Waals surface area contributed by atoms with E-state index >= 15 is 0 Å². The van der Waals surface area contributed by atoms with Gasteiger partial charge in [0.2, 0.25) is 0 Å². The van der Waals surface area contributed by atoms with E-state index in [1.54, 1.807) is 0 Å². The third-order valence-electron chi connectivity index (χ3n) is 3.26. The molecule has 13 heavy (non-hydrogen) atoms. The summed E-state index contributed by atoms with van der Waals surface area (Å²) in [5.41, 5.74) is 0. The minimum absolute atomic E-state index is 0.0209. The van der Waals surface area contributed by atoms with Gasteiger partial charge in [0.1, 0.15) is 0 Å². The van der Waals surface area contributed by atoms with Crippen LogP contribution in [-0.4, -0.2) is 46.9 Å². The maximum Gasteiger partial charge on any atom is 0.0466 e. The molecule has 4 heteroatoms. The second-order valence-electron chi connectivity index (χ2n) is 3.81. The summed E-state index contributed by atoms with van der Waals surface area (Å²) in [4.78, 5) is 0. The summed E-state index contributed by atoms with van der Waals surface area (Å²) in [6.07, 6.45) is 0.698. The minimum atomic E-state index is -0.0628. The van der Waals surface area contributed by atoms with E-state index < -0.39 is 0 Å². The molecule has 4 atom stereocenters. The lowest BCUT2D eigenvalue weighted by Crippen LogP contribution is -2.26. The molecule has 1 rings (SSSR count). The van der Waals surface area contributed by atoms with Gasteiger partial charge in [-0.2, -0.15) is 0 Å². The van der Waals surface area contributed by atoms with Gasteiger partial charge in [0, 0.05) is 26.4 Å². The van der Waals surface area contributed by atoms with Crippen molar-refractivity contribution in [3.8, 4) is 0 Å². The van der Waals surface area contributed by atoms with E-state index in [1.165, 1.54) is 0 Å². The molecule has 0 bridgehead atoms. The third-order valence-corrected chi connectivity index (χ3v) is 3.26. The van der Waals surface area contributed by atoms with Crippen molar-refractivity contribution in [3.05, 3.63) is 0 Å². The van der Waals surface area contributed by atoms with E-state index in [2.05, 4.69) is 0 Å². The van der Waals surface area contributed by atoms with E-state index in [9.17, 15) is 0 Å². The van der Waals surface area contributed by atoms with Gasteiger partial charge in [-0.3, -0.25) is 0 Å². The summed E-state index contributed by atoms with van der Waals surface area (Å²) >= 11 is 0. The van der Waals surface area contributed by atoms with Crippen LogP contribution in [0, 0.1) is 23.7 Å². The molecule has 0 unspecified atom stereocenters. The predicted octanol–water partition coefficient (Wildman–Crippen LogP) is -1.18. The largest absolute Gasteiger partial charge is 0.396 e. The number of rotatable bonds is 4. The molecule has 78 valence electrons. The van der Waals surface area contributed by atoms with Gasteiger partial charge in [-0.15, -0.1) is 0 Å². The van der Waals surface area contributed by atoms with Crippen molar-refractivity contribution in [2.24, 2.45) is 23.7 Å². The normalized spacial score (nSPS) is 39.7. The zero-order valence-electron chi connectivity index (χ0n) is 7.63. The summed E-state index contributed by atoms with van der Waals surface area (Å²) in [5, 5.41) is 36.2. The first kappa shape index (κ1) is 10.9. The van der Waals surface area contributed by atoms with Gasteiger partial charge >= 0.3 is 0 Å². The van der Waals surface area contributed by atoms with Crippen molar-refractivity contribution < 1.29 is 20.4 Å². The van der Waals surface area contributed by atoms with Gasteiger partial charge < -0.3 is 20.4 Å². The summed E-state index contributed by atoms with van der Waals surface area (Å²) in [6, 6.07) is 0. The van der Waals surface area contributed by atoms with Crippen LogP contribution in [0.2, 0.25) is 0 Å². The van der Waals surface area contributed by atoms with Crippen molar-refractivity contribution in [1.82, 2.24) is 0 Å². The van der Waals surface area contributed by atoms with Crippen LogP contribution in [0.4, 0.5) is 0 Å². The van der Waals surface area contributed by atoms with Crippen LogP contribution in [0.15, 0.2) is 0 Å². The van der Waals surface area contributed by atoms with E-state index in [1.807, 2.05) is 0 Å². The molecule has 0 radical (unpaired) electrons. The highest BCUT2D eigenvalue weighted by atomic mass is 16.3.